The molecule has 0 unspecified atom stereocenters. The first-order valence-corrected chi connectivity index (χ1v) is 11.2. The molecule has 4 aromatic rings. The first kappa shape index (κ1) is 22.4. The van der Waals surface area contributed by atoms with E-state index in [0.29, 0.717) is 42.9 Å². The summed E-state index contributed by atoms with van der Waals surface area (Å²) in [5.74, 6) is 1.63. The zero-order valence-corrected chi connectivity index (χ0v) is 19.4. The van der Waals surface area contributed by atoms with Crippen LogP contribution in [0.5, 0.6) is 11.5 Å². The van der Waals surface area contributed by atoms with Gasteiger partial charge in [0.1, 0.15) is 11.3 Å². The number of anilines is 1. The van der Waals surface area contributed by atoms with Crippen LogP contribution in [-0.4, -0.2) is 61.4 Å². The van der Waals surface area contributed by atoms with E-state index in [2.05, 4.69) is 15.1 Å². The van der Waals surface area contributed by atoms with E-state index in [0.717, 1.165) is 22.8 Å². The summed E-state index contributed by atoms with van der Waals surface area (Å²) in [6, 6.07) is 18.3. The van der Waals surface area contributed by atoms with E-state index in [4.69, 9.17) is 13.9 Å². The number of amides is 1. The number of ether oxygens (including phenoxy) is 2. The summed E-state index contributed by atoms with van der Waals surface area (Å²) in [7, 11) is 3.13. The highest BCUT2D eigenvalue weighted by Gasteiger charge is 2.26. The van der Waals surface area contributed by atoms with Gasteiger partial charge in [-0.2, -0.15) is 0 Å². The summed E-state index contributed by atoms with van der Waals surface area (Å²) in [6.07, 6.45) is 0. The lowest BCUT2D eigenvalue weighted by atomic mass is 10.1. The SMILES string of the molecule is COc1ccc(-c2ccc(N3CCN(C(=O)c4cc5cccc(OC)c5oc4=O)CC3)nn2)cc1. The quantitative estimate of drug-likeness (QED) is 0.409. The van der Waals surface area contributed by atoms with Crippen LogP contribution in [0.4, 0.5) is 5.82 Å². The van der Waals surface area contributed by atoms with Gasteiger partial charge in [0, 0.05) is 37.1 Å². The van der Waals surface area contributed by atoms with Crippen LogP contribution in [0.1, 0.15) is 10.4 Å². The van der Waals surface area contributed by atoms with Gasteiger partial charge in [-0.05, 0) is 48.5 Å². The summed E-state index contributed by atoms with van der Waals surface area (Å²) >= 11 is 0. The predicted molar refractivity (Wildman–Crippen MR) is 131 cm³/mol. The van der Waals surface area contributed by atoms with E-state index in [9.17, 15) is 9.59 Å². The van der Waals surface area contributed by atoms with Gasteiger partial charge in [0.2, 0.25) is 0 Å². The molecule has 1 aliphatic rings. The molecule has 5 rings (SSSR count). The maximum Gasteiger partial charge on any atom is 0.349 e. The number of hydrogen-bond donors (Lipinski definition) is 0. The largest absolute Gasteiger partial charge is 0.497 e. The van der Waals surface area contributed by atoms with E-state index >= 15 is 0 Å². The van der Waals surface area contributed by atoms with Gasteiger partial charge >= 0.3 is 5.63 Å². The smallest absolute Gasteiger partial charge is 0.349 e. The van der Waals surface area contributed by atoms with Crippen LogP contribution >= 0.6 is 0 Å². The molecule has 0 N–H and O–H groups in total. The number of aromatic nitrogens is 2. The molecule has 0 saturated carbocycles. The van der Waals surface area contributed by atoms with Crippen molar-refractivity contribution in [2.75, 3.05) is 45.3 Å². The second-order valence-corrected chi connectivity index (χ2v) is 8.11. The van der Waals surface area contributed by atoms with Gasteiger partial charge in [-0.1, -0.05) is 12.1 Å². The third-order valence-corrected chi connectivity index (χ3v) is 6.10. The molecule has 9 nitrogen and oxygen atoms in total. The molecule has 1 saturated heterocycles. The Morgan fingerprint density at radius 2 is 1.69 bits per heavy atom. The zero-order valence-electron chi connectivity index (χ0n) is 19.4. The van der Waals surface area contributed by atoms with Crippen molar-refractivity contribution in [3.05, 3.63) is 76.6 Å². The highest BCUT2D eigenvalue weighted by molar-refractivity contribution is 5.97. The molecule has 0 spiro atoms. The van der Waals surface area contributed by atoms with Gasteiger partial charge in [-0.15, -0.1) is 10.2 Å². The van der Waals surface area contributed by atoms with Crippen LogP contribution in [0.2, 0.25) is 0 Å². The van der Waals surface area contributed by atoms with Crippen LogP contribution in [0.25, 0.3) is 22.2 Å². The summed E-state index contributed by atoms with van der Waals surface area (Å²) < 4.78 is 15.9. The minimum Gasteiger partial charge on any atom is -0.497 e. The van der Waals surface area contributed by atoms with Crippen molar-refractivity contribution in [3.63, 3.8) is 0 Å². The number of para-hydroxylation sites is 1. The Balaban J connectivity index is 1.26. The van der Waals surface area contributed by atoms with Gasteiger partial charge in [0.25, 0.3) is 5.91 Å². The van der Waals surface area contributed by atoms with Gasteiger partial charge in [-0.25, -0.2) is 4.79 Å². The van der Waals surface area contributed by atoms with Crippen molar-refractivity contribution in [3.8, 4) is 22.8 Å². The molecule has 3 heterocycles. The Kier molecular flexibility index (Phi) is 6.05. The minimum absolute atomic E-state index is 0.0165. The monoisotopic (exact) mass is 472 g/mol. The fourth-order valence-corrected chi connectivity index (χ4v) is 4.15. The van der Waals surface area contributed by atoms with Crippen molar-refractivity contribution in [1.29, 1.82) is 0 Å². The Morgan fingerprint density at radius 3 is 2.34 bits per heavy atom. The molecule has 178 valence electrons. The summed E-state index contributed by atoms with van der Waals surface area (Å²) in [4.78, 5) is 29.4. The standard InChI is InChI=1S/C26H24N4O5/c1-33-19-8-6-17(7-9-19)21-10-11-23(28-27-21)29-12-14-30(15-13-29)25(31)20-16-18-4-3-5-22(34-2)24(18)35-26(20)32/h3-11,16H,12-15H2,1-2H3. The molecule has 0 radical (unpaired) electrons. The molecule has 1 aliphatic heterocycles. The number of piperazine rings is 1. The van der Waals surface area contributed by atoms with Crippen molar-refractivity contribution >= 4 is 22.7 Å². The Labute approximate surface area is 201 Å². The predicted octanol–water partition coefficient (Wildman–Crippen LogP) is 3.23. The van der Waals surface area contributed by atoms with Crippen LogP contribution in [0.3, 0.4) is 0 Å². The number of benzene rings is 2. The lowest BCUT2D eigenvalue weighted by Crippen LogP contribution is -2.49. The first-order valence-electron chi connectivity index (χ1n) is 11.2. The normalized spacial score (nSPS) is 13.7. The third-order valence-electron chi connectivity index (χ3n) is 6.10. The average Bonchev–Trinajstić information content (AvgIpc) is 2.92. The number of nitrogens with zero attached hydrogens (tertiary/aromatic N) is 4. The molecule has 1 amide bonds. The molecule has 9 heteroatoms. The molecular weight excluding hydrogens is 448 g/mol. The Morgan fingerprint density at radius 1 is 0.914 bits per heavy atom. The zero-order chi connectivity index (χ0) is 24.4. The highest BCUT2D eigenvalue weighted by atomic mass is 16.5. The first-order chi connectivity index (χ1) is 17.1. The lowest BCUT2D eigenvalue weighted by Gasteiger charge is -2.35. The highest BCUT2D eigenvalue weighted by Crippen LogP contribution is 2.25. The lowest BCUT2D eigenvalue weighted by molar-refractivity contribution is 0.0742. The number of carbonyl (C=O) groups is 1. The van der Waals surface area contributed by atoms with Crippen LogP contribution in [-0.2, 0) is 0 Å². The molecule has 1 fully saturated rings. The van der Waals surface area contributed by atoms with Gasteiger partial charge in [0.15, 0.2) is 17.2 Å². The van der Waals surface area contributed by atoms with E-state index in [1.807, 2.05) is 36.4 Å². The van der Waals surface area contributed by atoms with Gasteiger partial charge in [0.05, 0.1) is 19.9 Å². The molecule has 2 aromatic carbocycles. The number of fused-ring (bicyclic) bond motifs is 1. The second kappa shape index (κ2) is 9.46. The Bertz CT molecular complexity index is 1410. The third kappa shape index (κ3) is 4.40. The van der Waals surface area contributed by atoms with E-state index in [1.165, 1.54) is 7.11 Å². The van der Waals surface area contributed by atoms with Crippen LogP contribution in [0.15, 0.2) is 69.9 Å². The fraction of sp³-hybridized carbons (Fsp3) is 0.231. The van der Waals surface area contributed by atoms with Gasteiger partial charge < -0.3 is 23.7 Å². The van der Waals surface area contributed by atoms with Crippen molar-refractivity contribution in [2.45, 2.75) is 0 Å². The molecule has 0 bridgehead atoms. The molecule has 0 aliphatic carbocycles. The second-order valence-electron chi connectivity index (χ2n) is 8.11. The number of carbonyl (C=O) groups excluding carboxylic acids is 1. The Hall–Kier alpha value is -4.40. The summed E-state index contributed by atoms with van der Waals surface area (Å²) in [5, 5.41) is 9.37. The summed E-state index contributed by atoms with van der Waals surface area (Å²) in [5.41, 5.74) is 1.40. The van der Waals surface area contributed by atoms with E-state index in [1.54, 1.807) is 36.3 Å². The minimum atomic E-state index is -0.672. The topological polar surface area (TPSA) is 98.0 Å². The number of hydrogen-bond acceptors (Lipinski definition) is 8. The van der Waals surface area contributed by atoms with E-state index in [-0.39, 0.29) is 11.5 Å². The maximum absolute atomic E-state index is 13.1. The van der Waals surface area contributed by atoms with E-state index < -0.39 is 5.63 Å². The molecule has 35 heavy (non-hydrogen) atoms. The average molecular weight is 473 g/mol. The van der Waals surface area contributed by atoms with Crippen molar-refractivity contribution in [1.82, 2.24) is 15.1 Å². The van der Waals surface area contributed by atoms with Crippen molar-refractivity contribution in [2.24, 2.45) is 0 Å². The summed E-state index contributed by atoms with van der Waals surface area (Å²) in [6.45, 7) is 2.07. The molecule has 2 aromatic heterocycles. The van der Waals surface area contributed by atoms with Crippen LogP contribution in [0, 0.1) is 0 Å². The van der Waals surface area contributed by atoms with Gasteiger partial charge in [-0.3, -0.25) is 4.79 Å². The fourth-order valence-electron chi connectivity index (χ4n) is 4.15. The maximum atomic E-state index is 13.1. The number of methoxy groups -OCH3 is 2. The number of rotatable bonds is 5. The molecule has 0 atom stereocenters. The van der Waals surface area contributed by atoms with Crippen LogP contribution < -0.4 is 20.0 Å². The molecular formula is C26H24N4O5. The van der Waals surface area contributed by atoms with Crippen molar-refractivity contribution < 1.29 is 18.7 Å².